The number of hydrogen-bond acceptors (Lipinski definition) is 6. The molecule has 3 rings (SSSR count). The van der Waals surface area contributed by atoms with Gasteiger partial charge in [0.05, 0.1) is 17.7 Å². The van der Waals surface area contributed by atoms with Crippen LogP contribution in [-0.2, 0) is 6.54 Å². The van der Waals surface area contributed by atoms with Gasteiger partial charge in [0.1, 0.15) is 0 Å². The zero-order valence-electron chi connectivity index (χ0n) is 14.2. The fourth-order valence-electron chi connectivity index (χ4n) is 2.57. The van der Waals surface area contributed by atoms with Crippen molar-refractivity contribution in [3.05, 3.63) is 65.8 Å². The van der Waals surface area contributed by atoms with E-state index in [0.29, 0.717) is 23.8 Å². The van der Waals surface area contributed by atoms with Crippen LogP contribution in [0.4, 0.5) is 0 Å². The van der Waals surface area contributed by atoms with Crippen LogP contribution < -0.4 is 5.32 Å². The molecule has 0 saturated carbocycles. The van der Waals surface area contributed by atoms with Gasteiger partial charge in [0, 0.05) is 24.5 Å². The highest BCUT2D eigenvalue weighted by Gasteiger charge is 2.22. The average Bonchev–Trinajstić information content (AvgIpc) is 3.12. The van der Waals surface area contributed by atoms with Crippen LogP contribution in [0.3, 0.4) is 0 Å². The lowest BCUT2D eigenvalue weighted by molar-refractivity contribution is 0.288. The Kier molecular flexibility index (Phi) is 5.17. The van der Waals surface area contributed by atoms with Crippen LogP contribution in [0.5, 0.6) is 0 Å². The zero-order valence-corrected chi connectivity index (χ0v) is 14.2. The standard InChI is InChI=1S/C19H19N5O/c1-13(2)17(22-12-15-5-3-4-14(10-15)11-20)19-23-18(24-25-19)16-6-8-21-9-7-16/h3-10,13,17,22H,12H2,1-2H3/t17-/m0/s1. The summed E-state index contributed by atoms with van der Waals surface area (Å²) >= 11 is 0. The predicted octanol–water partition coefficient (Wildman–Crippen LogP) is 3.49. The summed E-state index contributed by atoms with van der Waals surface area (Å²) in [4.78, 5) is 8.52. The summed E-state index contributed by atoms with van der Waals surface area (Å²) in [7, 11) is 0. The maximum Gasteiger partial charge on any atom is 0.244 e. The SMILES string of the molecule is CC(C)[C@H](NCc1cccc(C#N)c1)c1nc(-c2ccncc2)no1. The van der Waals surface area contributed by atoms with Gasteiger partial charge in [-0.15, -0.1) is 0 Å². The summed E-state index contributed by atoms with van der Waals surface area (Å²) < 4.78 is 5.48. The monoisotopic (exact) mass is 333 g/mol. The molecule has 126 valence electrons. The number of rotatable bonds is 6. The second kappa shape index (κ2) is 7.69. The van der Waals surface area contributed by atoms with Crippen molar-refractivity contribution in [2.45, 2.75) is 26.4 Å². The summed E-state index contributed by atoms with van der Waals surface area (Å²) in [5.74, 6) is 1.37. The van der Waals surface area contributed by atoms with Crippen LogP contribution >= 0.6 is 0 Å². The quantitative estimate of drug-likeness (QED) is 0.743. The summed E-state index contributed by atoms with van der Waals surface area (Å²) in [6.07, 6.45) is 3.40. The number of nitrogens with one attached hydrogen (secondary N) is 1. The van der Waals surface area contributed by atoms with Gasteiger partial charge in [-0.05, 0) is 35.7 Å². The average molecular weight is 333 g/mol. The molecule has 0 spiro atoms. The van der Waals surface area contributed by atoms with Crippen LogP contribution in [0.1, 0.15) is 36.9 Å². The van der Waals surface area contributed by atoms with E-state index < -0.39 is 0 Å². The van der Waals surface area contributed by atoms with Crippen LogP contribution in [0.25, 0.3) is 11.4 Å². The molecular weight excluding hydrogens is 314 g/mol. The smallest absolute Gasteiger partial charge is 0.244 e. The van der Waals surface area contributed by atoms with Crippen molar-refractivity contribution >= 4 is 0 Å². The van der Waals surface area contributed by atoms with Crippen molar-refractivity contribution in [1.29, 1.82) is 5.26 Å². The normalized spacial score (nSPS) is 12.1. The molecule has 0 aliphatic carbocycles. The number of hydrogen-bond donors (Lipinski definition) is 1. The lowest BCUT2D eigenvalue weighted by atomic mass is 10.0. The first-order valence-corrected chi connectivity index (χ1v) is 8.14. The maximum absolute atomic E-state index is 9.01. The Labute approximate surface area is 146 Å². The Morgan fingerprint density at radius 2 is 2.00 bits per heavy atom. The van der Waals surface area contributed by atoms with E-state index in [0.717, 1.165) is 11.1 Å². The van der Waals surface area contributed by atoms with Crippen molar-refractivity contribution in [1.82, 2.24) is 20.4 Å². The third-order valence-corrected chi connectivity index (χ3v) is 3.90. The van der Waals surface area contributed by atoms with Gasteiger partial charge in [0.2, 0.25) is 11.7 Å². The number of pyridine rings is 1. The molecular formula is C19H19N5O. The highest BCUT2D eigenvalue weighted by molar-refractivity contribution is 5.52. The molecule has 0 amide bonds. The molecule has 0 radical (unpaired) electrons. The molecule has 1 atom stereocenters. The predicted molar refractivity (Wildman–Crippen MR) is 93.1 cm³/mol. The third-order valence-electron chi connectivity index (χ3n) is 3.90. The Morgan fingerprint density at radius 3 is 2.72 bits per heavy atom. The molecule has 0 fully saturated rings. The number of nitriles is 1. The van der Waals surface area contributed by atoms with E-state index >= 15 is 0 Å². The van der Waals surface area contributed by atoms with Crippen molar-refractivity contribution < 1.29 is 4.52 Å². The summed E-state index contributed by atoms with van der Waals surface area (Å²) in [5, 5.41) is 16.5. The van der Waals surface area contributed by atoms with E-state index in [1.807, 2.05) is 30.3 Å². The Morgan fingerprint density at radius 1 is 1.20 bits per heavy atom. The highest BCUT2D eigenvalue weighted by atomic mass is 16.5. The highest BCUT2D eigenvalue weighted by Crippen LogP contribution is 2.23. The second-order valence-corrected chi connectivity index (χ2v) is 6.11. The lowest BCUT2D eigenvalue weighted by Crippen LogP contribution is -2.25. The van der Waals surface area contributed by atoms with Crippen molar-refractivity contribution in [3.8, 4) is 17.5 Å². The summed E-state index contributed by atoms with van der Waals surface area (Å²) in [6.45, 7) is 4.81. The van der Waals surface area contributed by atoms with Gasteiger partial charge in [-0.1, -0.05) is 31.1 Å². The van der Waals surface area contributed by atoms with E-state index in [9.17, 15) is 0 Å². The van der Waals surface area contributed by atoms with Crippen LogP contribution in [0, 0.1) is 17.2 Å². The third kappa shape index (κ3) is 4.08. The molecule has 0 aliphatic heterocycles. The van der Waals surface area contributed by atoms with E-state index in [4.69, 9.17) is 9.78 Å². The van der Waals surface area contributed by atoms with Crippen molar-refractivity contribution in [2.75, 3.05) is 0 Å². The zero-order chi connectivity index (χ0) is 17.6. The molecule has 1 N–H and O–H groups in total. The summed E-state index contributed by atoms with van der Waals surface area (Å²) in [6, 6.07) is 13.3. The minimum Gasteiger partial charge on any atom is -0.337 e. The van der Waals surface area contributed by atoms with Gasteiger partial charge in [0.25, 0.3) is 0 Å². The van der Waals surface area contributed by atoms with Gasteiger partial charge in [0.15, 0.2) is 0 Å². The van der Waals surface area contributed by atoms with Gasteiger partial charge >= 0.3 is 0 Å². The van der Waals surface area contributed by atoms with E-state index in [1.54, 1.807) is 18.5 Å². The molecule has 3 aromatic rings. The Bertz CT molecular complexity index is 867. The fourth-order valence-corrected chi connectivity index (χ4v) is 2.57. The molecule has 6 nitrogen and oxygen atoms in total. The van der Waals surface area contributed by atoms with Crippen LogP contribution in [0.15, 0.2) is 53.3 Å². The topological polar surface area (TPSA) is 87.6 Å². The fraction of sp³-hybridized carbons (Fsp3) is 0.263. The number of benzene rings is 1. The summed E-state index contributed by atoms with van der Waals surface area (Å²) in [5.41, 5.74) is 2.56. The van der Waals surface area contributed by atoms with Gasteiger partial charge in [-0.3, -0.25) is 4.98 Å². The molecule has 0 unspecified atom stereocenters. The minimum absolute atomic E-state index is 0.0752. The van der Waals surface area contributed by atoms with Gasteiger partial charge < -0.3 is 9.84 Å². The van der Waals surface area contributed by atoms with E-state index in [1.165, 1.54) is 0 Å². The van der Waals surface area contributed by atoms with Crippen LogP contribution in [-0.4, -0.2) is 15.1 Å². The van der Waals surface area contributed by atoms with E-state index in [2.05, 4.69) is 40.4 Å². The largest absolute Gasteiger partial charge is 0.337 e. The van der Waals surface area contributed by atoms with Crippen LogP contribution in [0.2, 0.25) is 0 Å². The first kappa shape index (κ1) is 16.8. The second-order valence-electron chi connectivity index (χ2n) is 6.11. The number of nitrogens with zero attached hydrogens (tertiary/aromatic N) is 4. The first-order valence-electron chi connectivity index (χ1n) is 8.14. The molecule has 0 bridgehead atoms. The van der Waals surface area contributed by atoms with Gasteiger partial charge in [-0.2, -0.15) is 10.2 Å². The maximum atomic E-state index is 9.01. The molecule has 0 saturated heterocycles. The molecule has 25 heavy (non-hydrogen) atoms. The first-order chi connectivity index (χ1) is 12.2. The molecule has 2 aromatic heterocycles. The lowest BCUT2D eigenvalue weighted by Gasteiger charge is -2.18. The number of aromatic nitrogens is 3. The molecule has 6 heteroatoms. The van der Waals surface area contributed by atoms with Crippen molar-refractivity contribution in [2.24, 2.45) is 5.92 Å². The van der Waals surface area contributed by atoms with Crippen molar-refractivity contribution in [3.63, 3.8) is 0 Å². The van der Waals surface area contributed by atoms with E-state index in [-0.39, 0.29) is 12.0 Å². The Balaban J connectivity index is 1.75. The minimum atomic E-state index is -0.0752. The Hall–Kier alpha value is -3.04. The molecule has 2 heterocycles. The molecule has 0 aliphatic rings. The van der Waals surface area contributed by atoms with Gasteiger partial charge in [-0.25, -0.2) is 0 Å². The molecule has 1 aromatic carbocycles.